The zero-order valence-electron chi connectivity index (χ0n) is 39.1. The normalized spacial score (nSPS) is 14.0. The third-order valence-electron chi connectivity index (χ3n) is 10.8. The maximum atomic E-state index is 13.2. The summed E-state index contributed by atoms with van der Waals surface area (Å²) in [6, 6.07) is -0.721. The highest BCUT2D eigenvalue weighted by molar-refractivity contribution is 5.77. The third-order valence-corrected chi connectivity index (χ3v) is 10.8. The van der Waals surface area contributed by atoms with E-state index in [4.69, 9.17) is 4.74 Å². The Morgan fingerprint density at radius 2 is 0.883 bits per heavy atom. The van der Waals surface area contributed by atoms with E-state index >= 15 is 0 Å². The maximum Gasteiger partial charge on any atom is 0.306 e. The van der Waals surface area contributed by atoms with Crippen molar-refractivity contribution in [1.82, 2.24) is 5.32 Å². The summed E-state index contributed by atoms with van der Waals surface area (Å²) in [4.78, 5) is 26.1. The summed E-state index contributed by atoms with van der Waals surface area (Å²) in [6.45, 7) is 6.33. The van der Waals surface area contributed by atoms with Gasteiger partial charge in [-0.2, -0.15) is 0 Å². The molecule has 0 aromatic carbocycles. The molecule has 0 aromatic rings. The van der Waals surface area contributed by atoms with E-state index in [-0.39, 0.29) is 24.9 Å². The second-order valence-corrected chi connectivity index (χ2v) is 16.7. The molecule has 0 rings (SSSR count). The smallest absolute Gasteiger partial charge is 0.306 e. The average molecular weight is 836 g/mol. The van der Waals surface area contributed by atoms with Crippen molar-refractivity contribution >= 4 is 11.9 Å². The van der Waals surface area contributed by atoms with E-state index in [1.807, 2.05) is 36.5 Å². The lowest BCUT2D eigenvalue weighted by atomic mass is 10.0. The van der Waals surface area contributed by atoms with Gasteiger partial charge in [0.25, 0.3) is 0 Å². The van der Waals surface area contributed by atoms with Crippen molar-refractivity contribution in [2.45, 2.75) is 238 Å². The van der Waals surface area contributed by atoms with Crippen molar-refractivity contribution in [3.8, 4) is 0 Å². The summed E-state index contributed by atoms with van der Waals surface area (Å²) in [5, 5.41) is 23.7. The topological polar surface area (TPSA) is 95.9 Å². The van der Waals surface area contributed by atoms with E-state index in [2.05, 4.69) is 74.7 Å². The van der Waals surface area contributed by atoms with Crippen LogP contribution in [-0.4, -0.2) is 46.9 Å². The molecule has 0 radical (unpaired) electrons. The molecule has 0 bridgehead atoms. The number of allylic oxidation sites excluding steroid dienone is 14. The number of aliphatic hydroxyl groups excluding tert-OH is 2. The van der Waals surface area contributed by atoms with E-state index in [0.717, 1.165) is 77.0 Å². The van der Waals surface area contributed by atoms with Crippen LogP contribution in [-0.2, 0) is 14.3 Å². The molecule has 0 saturated heterocycles. The Kier molecular flexibility index (Phi) is 44.8. The van der Waals surface area contributed by atoms with Crippen LogP contribution in [0.4, 0.5) is 0 Å². The van der Waals surface area contributed by atoms with Gasteiger partial charge in [0.2, 0.25) is 5.91 Å². The second-order valence-electron chi connectivity index (χ2n) is 16.7. The summed E-state index contributed by atoms with van der Waals surface area (Å²) in [5.74, 6) is -0.536. The fraction of sp³-hybridized carbons (Fsp3) is 0.704. The number of amides is 1. The summed E-state index contributed by atoms with van der Waals surface area (Å²) in [5.41, 5.74) is 0. The number of nitrogens with one attached hydrogen (secondary N) is 1. The SMILES string of the molecule is CCC/C=C/C=C/C=C/C=C/C=C/CCCCCC(CC(=O)NC(CO)C(O)CCCCCCCCCCCC)OC(=O)CCCCCCCC/C=C/C=C/CCCCC. The monoisotopic (exact) mass is 836 g/mol. The molecule has 60 heavy (non-hydrogen) atoms. The minimum Gasteiger partial charge on any atom is -0.462 e. The summed E-state index contributed by atoms with van der Waals surface area (Å²) < 4.78 is 5.90. The number of hydrogen-bond donors (Lipinski definition) is 3. The van der Waals surface area contributed by atoms with Crippen LogP contribution in [0.2, 0.25) is 0 Å². The number of unbranched alkanes of at least 4 members (excludes halogenated alkanes) is 22. The molecule has 3 atom stereocenters. The maximum absolute atomic E-state index is 13.2. The van der Waals surface area contributed by atoms with Gasteiger partial charge in [0.05, 0.1) is 25.2 Å². The highest BCUT2D eigenvalue weighted by Crippen LogP contribution is 2.17. The number of rotatable bonds is 43. The van der Waals surface area contributed by atoms with Crippen molar-refractivity contribution in [2.24, 2.45) is 0 Å². The molecule has 0 spiro atoms. The standard InChI is InChI=1S/C54H93NO5/c1-4-7-10-13-16-19-22-24-26-28-29-31-33-36-39-42-45-50(60-54(59)47-44-41-38-35-32-30-27-25-23-20-17-14-11-8-5-2)48-53(58)55-51(49-56)52(57)46-43-40-37-34-21-18-15-12-9-6-3/h10,13,16-17,19-20,22-26,28-29,31,50-52,56-57H,4-9,11-12,14-15,18,21,27,30,32-49H2,1-3H3,(H,55,58)/b13-10+,19-16+,20-17+,24-22+,25-23+,28-26+,31-29+. The van der Waals surface area contributed by atoms with Gasteiger partial charge < -0.3 is 20.3 Å². The van der Waals surface area contributed by atoms with Crippen molar-refractivity contribution in [3.05, 3.63) is 85.1 Å². The fourth-order valence-electron chi connectivity index (χ4n) is 7.04. The van der Waals surface area contributed by atoms with Gasteiger partial charge in [-0.15, -0.1) is 0 Å². The molecule has 0 saturated carbocycles. The Bertz CT molecular complexity index is 1160. The zero-order chi connectivity index (χ0) is 43.8. The van der Waals surface area contributed by atoms with E-state index in [0.29, 0.717) is 19.3 Å². The van der Waals surface area contributed by atoms with Gasteiger partial charge in [0.15, 0.2) is 0 Å². The Morgan fingerprint density at radius 1 is 0.483 bits per heavy atom. The van der Waals surface area contributed by atoms with Crippen LogP contribution < -0.4 is 5.32 Å². The molecule has 3 N–H and O–H groups in total. The predicted molar refractivity (Wildman–Crippen MR) is 259 cm³/mol. The minimum absolute atomic E-state index is 0.0404. The lowest BCUT2D eigenvalue weighted by molar-refractivity contribution is -0.151. The zero-order valence-corrected chi connectivity index (χ0v) is 39.1. The van der Waals surface area contributed by atoms with Crippen LogP contribution in [0.1, 0.15) is 220 Å². The first-order chi connectivity index (χ1) is 29.5. The van der Waals surface area contributed by atoms with Gasteiger partial charge in [0.1, 0.15) is 6.10 Å². The molecule has 0 aliphatic rings. The van der Waals surface area contributed by atoms with Crippen molar-refractivity contribution in [1.29, 1.82) is 0 Å². The molecule has 0 aromatic heterocycles. The highest BCUT2D eigenvalue weighted by atomic mass is 16.5. The molecule has 0 heterocycles. The van der Waals surface area contributed by atoms with Crippen molar-refractivity contribution in [2.75, 3.05) is 6.61 Å². The summed E-state index contributed by atoms with van der Waals surface area (Å²) in [7, 11) is 0. The van der Waals surface area contributed by atoms with Gasteiger partial charge in [-0.1, -0.05) is 221 Å². The molecule has 0 fully saturated rings. The number of esters is 1. The van der Waals surface area contributed by atoms with E-state index in [1.165, 1.54) is 96.3 Å². The highest BCUT2D eigenvalue weighted by Gasteiger charge is 2.24. The van der Waals surface area contributed by atoms with Gasteiger partial charge in [0, 0.05) is 6.42 Å². The Hall–Kier alpha value is -2.96. The fourth-order valence-corrected chi connectivity index (χ4v) is 7.04. The number of hydrogen-bond acceptors (Lipinski definition) is 5. The molecular formula is C54H93NO5. The molecule has 344 valence electrons. The molecule has 6 nitrogen and oxygen atoms in total. The Labute approximate surface area is 370 Å². The first-order valence-corrected chi connectivity index (χ1v) is 24.9. The van der Waals surface area contributed by atoms with Gasteiger partial charge in [-0.25, -0.2) is 0 Å². The van der Waals surface area contributed by atoms with Crippen LogP contribution in [0.5, 0.6) is 0 Å². The Morgan fingerprint density at radius 3 is 1.42 bits per heavy atom. The quantitative estimate of drug-likeness (QED) is 0.0323. The van der Waals surface area contributed by atoms with Crippen LogP contribution in [0.3, 0.4) is 0 Å². The minimum atomic E-state index is -0.804. The third kappa shape index (κ3) is 41.8. The van der Waals surface area contributed by atoms with Crippen LogP contribution >= 0.6 is 0 Å². The largest absolute Gasteiger partial charge is 0.462 e. The molecule has 1 amide bonds. The molecule has 6 heteroatoms. The number of aliphatic hydroxyl groups is 2. The van der Waals surface area contributed by atoms with Gasteiger partial charge in [-0.05, 0) is 70.6 Å². The van der Waals surface area contributed by atoms with E-state index in [1.54, 1.807) is 0 Å². The molecular weight excluding hydrogens is 743 g/mol. The van der Waals surface area contributed by atoms with Crippen molar-refractivity contribution in [3.63, 3.8) is 0 Å². The second kappa shape index (κ2) is 47.1. The van der Waals surface area contributed by atoms with Crippen LogP contribution in [0, 0.1) is 0 Å². The number of ether oxygens (including phenoxy) is 1. The first kappa shape index (κ1) is 57.0. The Balaban J connectivity index is 4.74. The van der Waals surface area contributed by atoms with Crippen LogP contribution in [0.15, 0.2) is 85.1 Å². The lowest BCUT2D eigenvalue weighted by Gasteiger charge is -2.24. The number of carbonyl (C=O) groups excluding carboxylic acids is 2. The van der Waals surface area contributed by atoms with Crippen molar-refractivity contribution < 1.29 is 24.5 Å². The van der Waals surface area contributed by atoms with E-state index in [9.17, 15) is 19.8 Å². The van der Waals surface area contributed by atoms with E-state index < -0.39 is 18.2 Å². The first-order valence-electron chi connectivity index (χ1n) is 24.9. The van der Waals surface area contributed by atoms with Gasteiger partial charge >= 0.3 is 5.97 Å². The van der Waals surface area contributed by atoms with Gasteiger partial charge in [-0.3, -0.25) is 9.59 Å². The molecule has 0 aliphatic heterocycles. The molecule has 3 unspecified atom stereocenters. The summed E-state index contributed by atoms with van der Waals surface area (Å²) in [6.07, 6.45) is 60.6. The lowest BCUT2D eigenvalue weighted by Crippen LogP contribution is -2.46. The number of carbonyl (C=O) groups is 2. The molecule has 0 aliphatic carbocycles. The summed E-state index contributed by atoms with van der Waals surface area (Å²) >= 11 is 0. The predicted octanol–water partition coefficient (Wildman–Crippen LogP) is 14.8. The average Bonchev–Trinajstić information content (AvgIpc) is 3.24. The van der Waals surface area contributed by atoms with Crippen LogP contribution in [0.25, 0.3) is 0 Å².